The van der Waals surface area contributed by atoms with Crippen LogP contribution in [0.4, 0.5) is 5.95 Å². The highest BCUT2D eigenvalue weighted by molar-refractivity contribution is 5.78. The van der Waals surface area contributed by atoms with Crippen molar-refractivity contribution in [3.8, 4) is 0 Å². The third-order valence-electron chi connectivity index (χ3n) is 4.45. The molecule has 2 aromatic rings. The predicted molar refractivity (Wildman–Crippen MR) is 92.5 cm³/mol. The van der Waals surface area contributed by atoms with E-state index >= 15 is 0 Å². The molecule has 0 atom stereocenters. The minimum Gasteiger partial charge on any atom is -0.361 e. The Balaban J connectivity index is 1.58. The quantitative estimate of drug-likeness (QED) is 0.781. The van der Waals surface area contributed by atoms with Crippen molar-refractivity contribution in [3.63, 3.8) is 0 Å². The number of anilines is 1. The Morgan fingerprint density at radius 1 is 1.32 bits per heavy atom. The first-order chi connectivity index (χ1) is 12.0. The molecule has 0 radical (unpaired) electrons. The van der Waals surface area contributed by atoms with E-state index in [0.29, 0.717) is 37.6 Å². The average Bonchev–Trinajstić information content (AvgIpc) is 3.11. The fourth-order valence-corrected chi connectivity index (χ4v) is 3.08. The van der Waals surface area contributed by atoms with Crippen molar-refractivity contribution in [1.29, 1.82) is 0 Å². The average molecular weight is 345 g/mol. The number of rotatable bonds is 7. The van der Waals surface area contributed by atoms with E-state index in [0.717, 1.165) is 36.4 Å². The molecule has 3 rings (SSSR count). The molecule has 1 amide bonds. The predicted octanol–water partition coefficient (Wildman–Crippen LogP) is 1.19. The Hall–Kier alpha value is -2.64. The van der Waals surface area contributed by atoms with E-state index in [4.69, 9.17) is 4.52 Å². The fraction of sp³-hybridized carbons (Fsp3) is 0.529. The van der Waals surface area contributed by atoms with Crippen molar-refractivity contribution < 1.29 is 9.32 Å². The van der Waals surface area contributed by atoms with Crippen LogP contribution < -0.4 is 10.9 Å². The number of hydrogen-bond donors (Lipinski definition) is 2. The monoisotopic (exact) mass is 345 g/mol. The number of H-pyrrole nitrogens is 1. The van der Waals surface area contributed by atoms with E-state index in [1.54, 1.807) is 0 Å². The first-order valence-electron chi connectivity index (χ1n) is 8.56. The summed E-state index contributed by atoms with van der Waals surface area (Å²) in [7, 11) is 0. The van der Waals surface area contributed by atoms with Crippen LogP contribution >= 0.6 is 0 Å². The van der Waals surface area contributed by atoms with E-state index in [1.807, 2.05) is 18.7 Å². The molecule has 0 spiro atoms. The van der Waals surface area contributed by atoms with Gasteiger partial charge in [-0.15, -0.1) is 0 Å². The van der Waals surface area contributed by atoms with Gasteiger partial charge in [-0.25, -0.2) is 4.98 Å². The van der Waals surface area contributed by atoms with Crippen LogP contribution in [0.15, 0.2) is 15.4 Å². The lowest BCUT2D eigenvalue weighted by Crippen LogP contribution is -2.30. The molecule has 1 aliphatic heterocycles. The van der Waals surface area contributed by atoms with Crippen molar-refractivity contribution in [3.05, 3.63) is 39.1 Å². The van der Waals surface area contributed by atoms with Crippen molar-refractivity contribution in [2.45, 2.75) is 39.5 Å². The summed E-state index contributed by atoms with van der Waals surface area (Å²) in [6, 6.07) is 1.51. The number of nitrogens with zero attached hydrogens (tertiary/aromatic N) is 3. The molecular weight excluding hydrogens is 322 g/mol. The molecule has 1 aliphatic rings. The molecule has 25 heavy (non-hydrogen) atoms. The van der Waals surface area contributed by atoms with E-state index in [2.05, 4.69) is 20.4 Å². The second kappa shape index (κ2) is 7.50. The molecule has 8 heteroatoms. The largest absolute Gasteiger partial charge is 0.361 e. The highest BCUT2D eigenvalue weighted by Gasteiger charge is 2.19. The lowest BCUT2D eigenvalue weighted by atomic mass is 10.1. The van der Waals surface area contributed by atoms with Gasteiger partial charge < -0.3 is 14.7 Å². The second-order valence-electron chi connectivity index (χ2n) is 6.30. The summed E-state index contributed by atoms with van der Waals surface area (Å²) in [6.45, 7) is 5.77. The first kappa shape index (κ1) is 17.2. The van der Waals surface area contributed by atoms with Crippen LogP contribution in [0.25, 0.3) is 0 Å². The zero-order chi connectivity index (χ0) is 17.8. The summed E-state index contributed by atoms with van der Waals surface area (Å²) in [5.41, 5.74) is 2.45. The third-order valence-corrected chi connectivity index (χ3v) is 4.45. The Kier molecular flexibility index (Phi) is 5.16. The standard InChI is InChI=1S/C17H23N5O3/c1-11-14(12(2)25-21-11)6-5-13-10-15(23)20-17(19-13)18-7-9-22-8-3-4-16(22)24/h10H,3-9H2,1-2H3,(H2,18,19,20,23). The van der Waals surface area contributed by atoms with Gasteiger partial charge in [0.1, 0.15) is 5.76 Å². The molecule has 2 N–H and O–H groups in total. The summed E-state index contributed by atoms with van der Waals surface area (Å²) < 4.78 is 5.16. The van der Waals surface area contributed by atoms with Crippen molar-refractivity contribution in [2.75, 3.05) is 25.0 Å². The van der Waals surface area contributed by atoms with Gasteiger partial charge in [-0.3, -0.25) is 14.6 Å². The van der Waals surface area contributed by atoms with Gasteiger partial charge in [0.25, 0.3) is 5.56 Å². The molecule has 8 nitrogen and oxygen atoms in total. The molecule has 3 heterocycles. The van der Waals surface area contributed by atoms with Gasteiger partial charge in [-0.1, -0.05) is 5.16 Å². The maximum absolute atomic E-state index is 11.8. The van der Waals surface area contributed by atoms with E-state index in [9.17, 15) is 9.59 Å². The number of aromatic nitrogens is 3. The van der Waals surface area contributed by atoms with Crippen LogP contribution in [-0.4, -0.2) is 45.6 Å². The summed E-state index contributed by atoms with van der Waals surface area (Å²) in [5, 5.41) is 7.04. The maximum atomic E-state index is 11.8. The smallest absolute Gasteiger partial charge is 0.252 e. The van der Waals surface area contributed by atoms with Crippen LogP contribution in [-0.2, 0) is 17.6 Å². The van der Waals surface area contributed by atoms with Gasteiger partial charge in [0, 0.05) is 37.7 Å². The van der Waals surface area contributed by atoms with E-state index in [-0.39, 0.29) is 11.5 Å². The van der Waals surface area contributed by atoms with Gasteiger partial charge >= 0.3 is 0 Å². The van der Waals surface area contributed by atoms with Crippen molar-refractivity contribution in [2.24, 2.45) is 0 Å². The van der Waals surface area contributed by atoms with Gasteiger partial charge in [-0.05, 0) is 33.1 Å². The van der Waals surface area contributed by atoms with Crippen LogP contribution in [0.3, 0.4) is 0 Å². The third kappa shape index (κ3) is 4.26. The topological polar surface area (TPSA) is 104 Å². The second-order valence-corrected chi connectivity index (χ2v) is 6.30. The SMILES string of the molecule is Cc1noc(C)c1CCc1cc(=O)[nH]c(NCCN2CCCC2=O)n1. The number of likely N-dealkylation sites (tertiary alicyclic amines) is 1. The highest BCUT2D eigenvalue weighted by Crippen LogP contribution is 2.15. The number of carbonyl (C=O) groups excluding carboxylic acids is 1. The van der Waals surface area contributed by atoms with Gasteiger partial charge in [-0.2, -0.15) is 0 Å². The Labute approximate surface area is 145 Å². The molecular formula is C17H23N5O3. The van der Waals surface area contributed by atoms with Crippen molar-refractivity contribution in [1.82, 2.24) is 20.0 Å². The summed E-state index contributed by atoms with van der Waals surface area (Å²) >= 11 is 0. The fourth-order valence-electron chi connectivity index (χ4n) is 3.08. The zero-order valence-electron chi connectivity index (χ0n) is 14.6. The lowest BCUT2D eigenvalue weighted by molar-refractivity contribution is -0.127. The minimum absolute atomic E-state index is 0.191. The Morgan fingerprint density at radius 3 is 2.84 bits per heavy atom. The molecule has 2 aromatic heterocycles. The number of nitrogens with one attached hydrogen (secondary N) is 2. The number of hydrogen-bond acceptors (Lipinski definition) is 6. The summed E-state index contributed by atoms with van der Waals surface area (Å²) in [5.74, 6) is 1.43. The molecule has 0 saturated carbocycles. The Bertz CT molecular complexity index is 791. The zero-order valence-corrected chi connectivity index (χ0v) is 14.6. The molecule has 134 valence electrons. The molecule has 0 unspecified atom stereocenters. The van der Waals surface area contributed by atoms with E-state index < -0.39 is 0 Å². The van der Waals surface area contributed by atoms with Crippen molar-refractivity contribution >= 4 is 11.9 Å². The van der Waals surface area contributed by atoms with Gasteiger partial charge in [0.15, 0.2) is 0 Å². The number of aryl methyl sites for hydroxylation is 3. The molecule has 1 fully saturated rings. The Morgan fingerprint density at radius 2 is 2.16 bits per heavy atom. The molecule has 0 aromatic carbocycles. The minimum atomic E-state index is -0.191. The number of carbonyl (C=O) groups is 1. The highest BCUT2D eigenvalue weighted by atomic mass is 16.5. The molecule has 0 aliphatic carbocycles. The first-order valence-corrected chi connectivity index (χ1v) is 8.56. The molecule has 0 bridgehead atoms. The number of amides is 1. The van der Waals surface area contributed by atoms with E-state index in [1.165, 1.54) is 6.07 Å². The van der Waals surface area contributed by atoms with Crippen LogP contribution in [0.5, 0.6) is 0 Å². The molecule has 1 saturated heterocycles. The summed E-state index contributed by atoms with van der Waals surface area (Å²) in [6.07, 6.45) is 2.91. The summed E-state index contributed by atoms with van der Waals surface area (Å²) in [4.78, 5) is 32.4. The van der Waals surface area contributed by atoms with Crippen LogP contribution in [0, 0.1) is 13.8 Å². The maximum Gasteiger partial charge on any atom is 0.252 e. The van der Waals surface area contributed by atoms with Crippen LogP contribution in [0.2, 0.25) is 0 Å². The lowest BCUT2D eigenvalue weighted by Gasteiger charge is -2.15. The number of aromatic amines is 1. The van der Waals surface area contributed by atoms with Crippen LogP contribution in [0.1, 0.15) is 35.6 Å². The normalized spacial score (nSPS) is 14.3. The van der Waals surface area contributed by atoms with Gasteiger partial charge in [0.2, 0.25) is 11.9 Å². The van der Waals surface area contributed by atoms with Gasteiger partial charge in [0.05, 0.1) is 11.4 Å².